The molecule has 9 heteroatoms. The quantitative estimate of drug-likeness (QED) is 0.898. The number of H-pyrrole nitrogens is 1. The monoisotopic (exact) mass is 357 g/mol. The van der Waals surface area contributed by atoms with E-state index in [1.54, 1.807) is 11.8 Å². The second-order valence-corrected chi connectivity index (χ2v) is 5.95. The number of likely N-dealkylation sites (tertiary alicyclic amines) is 1. The molecule has 1 amide bonds. The standard InChI is InChI=1S/C16H18F3N3O3/c1-2-25-15(24)21-7-5-11(6-8-21)22-13-4-3-10(16(17,18)19)9-12(13)20-14(22)23/h3-4,9,11H,2,5-8H2,1H3,(H,20,23). The number of amides is 1. The van der Waals surface area contributed by atoms with Crippen LogP contribution in [0.25, 0.3) is 11.0 Å². The van der Waals surface area contributed by atoms with Crippen molar-refractivity contribution in [2.45, 2.75) is 32.0 Å². The highest BCUT2D eigenvalue weighted by Crippen LogP contribution is 2.32. The summed E-state index contributed by atoms with van der Waals surface area (Å²) in [5.41, 5.74) is -0.644. The predicted octanol–water partition coefficient (Wildman–Crippen LogP) is 3.14. The third kappa shape index (κ3) is 3.35. The summed E-state index contributed by atoms with van der Waals surface area (Å²) >= 11 is 0. The molecule has 0 aliphatic carbocycles. The number of nitrogens with zero attached hydrogens (tertiary/aromatic N) is 2. The van der Waals surface area contributed by atoms with Gasteiger partial charge < -0.3 is 14.6 Å². The first-order chi connectivity index (χ1) is 11.8. The SMILES string of the molecule is CCOC(=O)N1CCC(n2c(=O)[nH]c3cc(C(F)(F)F)ccc32)CC1. The number of halogens is 3. The van der Waals surface area contributed by atoms with E-state index in [0.717, 1.165) is 12.1 Å². The van der Waals surface area contributed by atoms with Gasteiger partial charge in [0.2, 0.25) is 0 Å². The van der Waals surface area contributed by atoms with Crippen LogP contribution in [-0.4, -0.2) is 40.2 Å². The molecule has 0 spiro atoms. The number of carbonyl (C=O) groups is 1. The molecule has 1 aromatic heterocycles. The van der Waals surface area contributed by atoms with Crippen LogP contribution < -0.4 is 5.69 Å². The smallest absolute Gasteiger partial charge is 0.416 e. The van der Waals surface area contributed by atoms with Crippen LogP contribution >= 0.6 is 0 Å². The van der Waals surface area contributed by atoms with Gasteiger partial charge in [-0.25, -0.2) is 9.59 Å². The van der Waals surface area contributed by atoms with Gasteiger partial charge in [0.25, 0.3) is 0 Å². The van der Waals surface area contributed by atoms with E-state index in [-0.39, 0.29) is 17.7 Å². The van der Waals surface area contributed by atoms with Crippen molar-refractivity contribution in [3.8, 4) is 0 Å². The maximum atomic E-state index is 12.8. The first kappa shape index (κ1) is 17.4. The lowest BCUT2D eigenvalue weighted by Gasteiger charge is -2.31. The molecule has 1 N–H and O–H groups in total. The molecule has 136 valence electrons. The fraction of sp³-hybridized carbons (Fsp3) is 0.500. The van der Waals surface area contributed by atoms with Gasteiger partial charge in [0.15, 0.2) is 0 Å². The number of aromatic amines is 1. The van der Waals surface area contributed by atoms with Crippen molar-refractivity contribution in [3.63, 3.8) is 0 Å². The Morgan fingerprint density at radius 1 is 1.32 bits per heavy atom. The van der Waals surface area contributed by atoms with Gasteiger partial charge in [-0.05, 0) is 38.0 Å². The third-order valence-corrected chi connectivity index (χ3v) is 4.40. The van der Waals surface area contributed by atoms with Crippen LogP contribution in [0.1, 0.15) is 31.4 Å². The molecule has 0 atom stereocenters. The molecule has 1 fully saturated rings. The number of hydrogen-bond acceptors (Lipinski definition) is 3. The average Bonchev–Trinajstić information content (AvgIpc) is 2.89. The lowest BCUT2D eigenvalue weighted by atomic mass is 10.0. The van der Waals surface area contributed by atoms with Gasteiger partial charge >= 0.3 is 18.0 Å². The van der Waals surface area contributed by atoms with Gasteiger partial charge in [0.1, 0.15) is 0 Å². The van der Waals surface area contributed by atoms with Gasteiger partial charge in [-0.1, -0.05) is 0 Å². The van der Waals surface area contributed by atoms with Crippen LogP contribution in [0.2, 0.25) is 0 Å². The molecule has 2 heterocycles. The Bertz CT molecular complexity index is 832. The van der Waals surface area contributed by atoms with Gasteiger partial charge in [0.05, 0.1) is 23.2 Å². The lowest BCUT2D eigenvalue weighted by Crippen LogP contribution is -2.40. The summed E-state index contributed by atoms with van der Waals surface area (Å²) in [6, 6.07) is 3.05. The maximum absolute atomic E-state index is 12.8. The van der Waals surface area contributed by atoms with Gasteiger partial charge in [-0.3, -0.25) is 4.57 Å². The van der Waals surface area contributed by atoms with E-state index in [2.05, 4.69) is 4.98 Å². The van der Waals surface area contributed by atoms with E-state index in [4.69, 9.17) is 4.74 Å². The van der Waals surface area contributed by atoms with E-state index >= 15 is 0 Å². The Balaban J connectivity index is 1.84. The van der Waals surface area contributed by atoms with E-state index in [1.807, 2.05) is 0 Å². The number of fused-ring (bicyclic) bond motifs is 1. The Kier molecular flexibility index (Phi) is 4.49. The minimum atomic E-state index is -4.46. The molecule has 2 aromatic rings. The molecular formula is C16H18F3N3O3. The molecule has 3 rings (SSSR count). The number of imidazole rings is 1. The normalized spacial score (nSPS) is 16.4. The molecule has 1 aliphatic heterocycles. The molecule has 25 heavy (non-hydrogen) atoms. The fourth-order valence-corrected chi connectivity index (χ4v) is 3.19. The number of nitrogens with one attached hydrogen (secondary N) is 1. The van der Waals surface area contributed by atoms with Crippen LogP contribution in [0, 0.1) is 0 Å². The van der Waals surface area contributed by atoms with Gasteiger partial charge in [-0.2, -0.15) is 13.2 Å². The number of rotatable bonds is 2. The van der Waals surface area contributed by atoms with Crippen molar-refractivity contribution in [1.82, 2.24) is 14.5 Å². The minimum Gasteiger partial charge on any atom is -0.450 e. The summed E-state index contributed by atoms with van der Waals surface area (Å²) in [6.07, 6.45) is -3.78. The fourth-order valence-electron chi connectivity index (χ4n) is 3.19. The van der Waals surface area contributed by atoms with Crippen LogP contribution in [0.3, 0.4) is 0 Å². The van der Waals surface area contributed by atoms with Crippen LogP contribution in [0.4, 0.5) is 18.0 Å². The largest absolute Gasteiger partial charge is 0.450 e. The molecule has 1 aliphatic rings. The lowest BCUT2D eigenvalue weighted by molar-refractivity contribution is -0.137. The zero-order chi connectivity index (χ0) is 18.2. The number of benzene rings is 1. The highest BCUT2D eigenvalue weighted by molar-refractivity contribution is 5.76. The molecule has 6 nitrogen and oxygen atoms in total. The number of aromatic nitrogens is 2. The summed E-state index contributed by atoms with van der Waals surface area (Å²) in [5, 5.41) is 0. The predicted molar refractivity (Wildman–Crippen MR) is 84.4 cm³/mol. The number of alkyl halides is 3. The highest BCUT2D eigenvalue weighted by atomic mass is 19.4. The number of hydrogen-bond donors (Lipinski definition) is 1. The Hall–Kier alpha value is -2.45. The van der Waals surface area contributed by atoms with Crippen molar-refractivity contribution < 1.29 is 22.7 Å². The first-order valence-electron chi connectivity index (χ1n) is 8.04. The Labute approximate surface area is 141 Å². The molecular weight excluding hydrogens is 339 g/mol. The minimum absolute atomic E-state index is 0.160. The van der Waals surface area contributed by atoms with E-state index in [0.29, 0.717) is 38.1 Å². The van der Waals surface area contributed by atoms with Gasteiger partial charge in [-0.15, -0.1) is 0 Å². The van der Waals surface area contributed by atoms with Crippen molar-refractivity contribution >= 4 is 17.1 Å². The van der Waals surface area contributed by atoms with Crippen molar-refractivity contribution in [2.24, 2.45) is 0 Å². The zero-order valence-electron chi connectivity index (χ0n) is 13.6. The van der Waals surface area contributed by atoms with Crippen molar-refractivity contribution in [3.05, 3.63) is 34.2 Å². The zero-order valence-corrected chi connectivity index (χ0v) is 13.6. The molecule has 0 unspecified atom stereocenters. The highest BCUT2D eigenvalue weighted by Gasteiger charge is 2.32. The summed E-state index contributed by atoms with van der Waals surface area (Å²) in [4.78, 5) is 28.0. The van der Waals surface area contributed by atoms with E-state index < -0.39 is 17.4 Å². The number of carbonyl (C=O) groups excluding carboxylic acids is 1. The van der Waals surface area contributed by atoms with Gasteiger partial charge in [0, 0.05) is 19.1 Å². The van der Waals surface area contributed by atoms with E-state index in [9.17, 15) is 22.8 Å². The Morgan fingerprint density at radius 2 is 2.00 bits per heavy atom. The van der Waals surface area contributed by atoms with Crippen LogP contribution in [-0.2, 0) is 10.9 Å². The summed E-state index contributed by atoms with van der Waals surface area (Å²) < 4.78 is 44.9. The second kappa shape index (κ2) is 6.45. The first-order valence-corrected chi connectivity index (χ1v) is 8.04. The van der Waals surface area contributed by atoms with Crippen molar-refractivity contribution in [2.75, 3.05) is 19.7 Å². The molecule has 0 saturated carbocycles. The van der Waals surface area contributed by atoms with E-state index in [1.165, 1.54) is 10.6 Å². The van der Waals surface area contributed by atoms with Crippen molar-refractivity contribution in [1.29, 1.82) is 0 Å². The molecule has 1 aromatic carbocycles. The molecule has 1 saturated heterocycles. The molecule has 0 bridgehead atoms. The van der Waals surface area contributed by atoms with Crippen LogP contribution in [0.15, 0.2) is 23.0 Å². The summed E-state index contributed by atoms with van der Waals surface area (Å²) in [6.45, 7) is 2.89. The Morgan fingerprint density at radius 3 is 2.60 bits per heavy atom. The summed E-state index contributed by atoms with van der Waals surface area (Å²) in [5.74, 6) is 0. The topological polar surface area (TPSA) is 67.3 Å². The average molecular weight is 357 g/mol. The third-order valence-electron chi connectivity index (χ3n) is 4.40. The second-order valence-electron chi connectivity index (χ2n) is 5.95. The van der Waals surface area contributed by atoms with Crippen LogP contribution in [0.5, 0.6) is 0 Å². The number of piperidine rings is 1. The number of ether oxygens (including phenoxy) is 1. The summed E-state index contributed by atoms with van der Waals surface area (Å²) in [7, 11) is 0. The molecule has 0 radical (unpaired) electrons. The maximum Gasteiger partial charge on any atom is 0.416 e.